The molecule has 0 saturated heterocycles. The Morgan fingerprint density at radius 2 is 0.769 bits per heavy atom. The van der Waals surface area contributed by atoms with Crippen LogP contribution in [0.5, 0.6) is 0 Å². The van der Waals surface area contributed by atoms with Crippen LogP contribution in [-0.2, 0) is 9.53 Å². The predicted molar refractivity (Wildman–Crippen MR) is 171 cm³/mol. The number of aliphatic hydroxyl groups excluding tert-OH is 1. The summed E-state index contributed by atoms with van der Waals surface area (Å²) in [6, 6.07) is 0. The minimum atomic E-state index is 0.0170. The van der Waals surface area contributed by atoms with Crippen LogP contribution in [0, 0.1) is 5.92 Å². The minimum Gasteiger partial charge on any atom is -0.466 e. The molecule has 0 aliphatic heterocycles. The highest BCUT2D eigenvalue weighted by molar-refractivity contribution is 5.69. The molecule has 234 valence electrons. The summed E-state index contributed by atoms with van der Waals surface area (Å²) in [5.74, 6) is 0.887. The lowest BCUT2D eigenvalue weighted by Crippen LogP contribution is -2.05. The molecule has 0 amide bonds. The second-order valence-electron chi connectivity index (χ2n) is 12.8. The predicted octanol–water partition coefficient (Wildman–Crippen LogP) is 11.9. The van der Waals surface area contributed by atoms with Gasteiger partial charge in [0.05, 0.1) is 6.61 Å². The van der Waals surface area contributed by atoms with E-state index in [1.807, 2.05) is 0 Å². The molecule has 3 heteroatoms. The molecular formula is C36H72O3. The molecule has 0 heterocycles. The maximum absolute atomic E-state index is 11.9. The Hall–Kier alpha value is -0.570. The fourth-order valence-electron chi connectivity index (χ4n) is 5.54. The molecule has 3 nitrogen and oxygen atoms in total. The summed E-state index contributed by atoms with van der Waals surface area (Å²) in [6.07, 6.45) is 38.8. The van der Waals surface area contributed by atoms with Gasteiger partial charge >= 0.3 is 5.97 Å². The zero-order chi connectivity index (χ0) is 28.5. The van der Waals surface area contributed by atoms with Crippen molar-refractivity contribution in [1.82, 2.24) is 0 Å². The molecular weight excluding hydrogens is 480 g/mol. The molecule has 0 aliphatic carbocycles. The Morgan fingerprint density at radius 1 is 0.462 bits per heavy atom. The lowest BCUT2D eigenvalue weighted by molar-refractivity contribution is -0.143. The molecule has 0 aromatic rings. The number of aliphatic hydroxyl groups is 1. The molecule has 0 bridgehead atoms. The van der Waals surface area contributed by atoms with Crippen molar-refractivity contribution in [2.24, 2.45) is 5.92 Å². The van der Waals surface area contributed by atoms with E-state index >= 15 is 0 Å². The van der Waals surface area contributed by atoms with Gasteiger partial charge in [-0.2, -0.15) is 0 Å². The Balaban J connectivity index is 3.15. The van der Waals surface area contributed by atoms with Crippen LogP contribution >= 0.6 is 0 Å². The second-order valence-corrected chi connectivity index (χ2v) is 12.8. The van der Waals surface area contributed by atoms with Gasteiger partial charge in [0.2, 0.25) is 0 Å². The van der Waals surface area contributed by atoms with Gasteiger partial charge in [-0.25, -0.2) is 0 Å². The fraction of sp³-hybridized carbons (Fsp3) is 0.972. The highest BCUT2D eigenvalue weighted by atomic mass is 16.5. The van der Waals surface area contributed by atoms with Crippen LogP contribution in [0.4, 0.5) is 0 Å². The maximum Gasteiger partial charge on any atom is 0.305 e. The van der Waals surface area contributed by atoms with Crippen LogP contribution in [0.3, 0.4) is 0 Å². The summed E-state index contributed by atoms with van der Waals surface area (Å²) < 4.78 is 5.44. The first-order valence-electron chi connectivity index (χ1n) is 17.9. The fourth-order valence-corrected chi connectivity index (χ4v) is 5.54. The van der Waals surface area contributed by atoms with Crippen LogP contribution in [0.25, 0.3) is 0 Å². The van der Waals surface area contributed by atoms with Crippen molar-refractivity contribution in [2.45, 2.75) is 206 Å². The van der Waals surface area contributed by atoms with Gasteiger partial charge in [0, 0.05) is 13.0 Å². The summed E-state index contributed by atoms with van der Waals surface area (Å²) in [7, 11) is 0. The number of rotatable bonds is 33. The number of esters is 1. The largest absolute Gasteiger partial charge is 0.466 e. The summed E-state index contributed by atoms with van der Waals surface area (Å²) in [5.41, 5.74) is 0. The molecule has 0 spiro atoms. The third-order valence-electron chi connectivity index (χ3n) is 8.23. The average molecular weight is 553 g/mol. The van der Waals surface area contributed by atoms with Gasteiger partial charge in [0.25, 0.3) is 0 Å². The highest BCUT2D eigenvalue weighted by Gasteiger charge is 2.03. The molecule has 0 atom stereocenters. The van der Waals surface area contributed by atoms with Crippen molar-refractivity contribution in [2.75, 3.05) is 13.2 Å². The standard InChI is InChI=1S/C36H72O3/c1-35(2)31-27-23-19-15-11-7-6-10-14-18-22-26-30-34-39-36(38)32-28-24-20-16-12-8-4-3-5-9-13-17-21-25-29-33-37/h35,37H,3-34H2,1-2H3. The zero-order valence-electron chi connectivity index (χ0n) is 27.0. The third-order valence-corrected chi connectivity index (χ3v) is 8.23. The number of hydrogen-bond donors (Lipinski definition) is 1. The lowest BCUT2D eigenvalue weighted by Gasteiger charge is -2.06. The lowest BCUT2D eigenvalue weighted by atomic mass is 10.0. The van der Waals surface area contributed by atoms with Crippen LogP contribution < -0.4 is 0 Å². The van der Waals surface area contributed by atoms with E-state index in [9.17, 15) is 4.79 Å². The van der Waals surface area contributed by atoms with Gasteiger partial charge in [-0.05, 0) is 25.2 Å². The normalized spacial score (nSPS) is 11.5. The molecule has 0 aromatic carbocycles. The van der Waals surface area contributed by atoms with Crippen LogP contribution in [0.2, 0.25) is 0 Å². The molecule has 1 N–H and O–H groups in total. The summed E-state index contributed by atoms with van der Waals surface area (Å²) in [5, 5.41) is 8.78. The zero-order valence-corrected chi connectivity index (χ0v) is 27.0. The van der Waals surface area contributed by atoms with E-state index in [1.54, 1.807) is 0 Å². The first kappa shape index (κ1) is 38.4. The Kier molecular flexibility index (Phi) is 33.1. The first-order valence-corrected chi connectivity index (χ1v) is 17.9. The van der Waals surface area contributed by atoms with Crippen LogP contribution in [-0.4, -0.2) is 24.3 Å². The molecule has 39 heavy (non-hydrogen) atoms. The third kappa shape index (κ3) is 35.4. The van der Waals surface area contributed by atoms with E-state index in [1.165, 1.54) is 167 Å². The van der Waals surface area contributed by atoms with Crippen molar-refractivity contribution >= 4 is 5.97 Å². The topological polar surface area (TPSA) is 46.5 Å². The van der Waals surface area contributed by atoms with Gasteiger partial charge in [0.1, 0.15) is 0 Å². The number of unbranched alkanes of at least 4 members (excludes halogenated alkanes) is 26. The van der Waals surface area contributed by atoms with E-state index in [-0.39, 0.29) is 5.97 Å². The summed E-state index contributed by atoms with van der Waals surface area (Å²) in [6.45, 7) is 5.63. The van der Waals surface area contributed by atoms with E-state index in [4.69, 9.17) is 9.84 Å². The number of carbonyl (C=O) groups excluding carboxylic acids is 1. The monoisotopic (exact) mass is 553 g/mol. The molecule has 0 aliphatic rings. The Bertz CT molecular complexity index is 462. The van der Waals surface area contributed by atoms with Crippen molar-refractivity contribution < 1.29 is 14.6 Å². The van der Waals surface area contributed by atoms with E-state index in [2.05, 4.69) is 13.8 Å². The highest BCUT2D eigenvalue weighted by Crippen LogP contribution is 2.16. The molecule has 0 radical (unpaired) electrons. The molecule has 0 saturated carbocycles. The SMILES string of the molecule is CC(C)CCCCCCCCCCCCCCCOC(=O)CCCCCCCCCCCCCCCCCO. The van der Waals surface area contributed by atoms with Crippen LogP contribution in [0.1, 0.15) is 206 Å². The molecule has 0 rings (SSSR count). The second kappa shape index (κ2) is 33.6. The Labute approximate surface area is 246 Å². The number of hydrogen-bond acceptors (Lipinski definition) is 3. The van der Waals surface area contributed by atoms with Crippen molar-refractivity contribution in [1.29, 1.82) is 0 Å². The molecule has 0 unspecified atom stereocenters. The van der Waals surface area contributed by atoms with E-state index in [0.717, 1.165) is 25.2 Å². The van der Waals surface area contributed by atoms with Crippen molar-refractivity contribution in [3.8, 4) is 0 Å². The minimum absolute atomic E-state index is 0.0170. The number of carbonyl (C=O) groups is 1. The smallest absolute Gasteiger partial charge is 0.305 e. The first-order chi connectivity index (χ1) is 19.2. The van der Waals surface area contributed by atoms with Gasteiger partial charge in [-0.15, -0.1) is 0 Å². The van der Waals surface area contributed by atoms with E-state index < -0.39 is 0 Å². The molecule has 0 fully saturated rings. The summed E-state index contributed by atoms with van der Waals surface area (Å²) in [4.78, 5) is 11.9. The van der Waals surface area contributed by atoms with Gasteiger partial charge < -0.3 is 9.84 Å². The average Bonchev–Trinajstić information content (AvgIpc) is 2.92. The van der Waals surface area contributed by atoms with Gasteiger partial charge in [0.15, 0.2) is 0 Å². The maximum atomic E-state index is 11.9. The summed E-state index contributed by atoms with van der Waals surface area (Å²) >= 11 is 0. The van der Waals surface area contributed by atoms with E-state index in [0.29, 0.717) is 19.6 Å². The molecule has 0 aromatic heterocycles. The van der Waals surface area contributed by atoms with Crippen molar-refractivity contribution in [3.05, 3.63) is 0 Å². The Morgan fingerprint density at radius 3 is 1.13 bits per heavy atom. The van der Waals surface area contributed by atoms with Gasteiger partial charge in [-0.3, -0.25) is 4.79 Å². The quantitative estimate of drug-likeness (QED) is 0.0650. The number of ether oxygens (including phenoxy) is 1. The van der Waals surface area contributed by atoms with Crippen molar-refractivity contribution in [3.63, 3.8) is 0 Å². The van der Waals surface area contributed by atoms with Crippen LogP contribution in [0.15, 0.2) is 0 Å². The van der Waals surface area contributed by atoms with Gasteiger partial charge in [-0.1, -0.05) is 181 Å².